The second-order valence-corrected chi connectivity index (χ2v) is 15.2. The van der Waals surface area contributed by atoms with Gasteiger partial charge in [0, 0.05) is 22.0 Å². The fourth-order valence-corrected chi connectivity index (χ4v) is 9.16. The van der Waals surface area contributed by atoms with Crippen molar-refractivity contribution in [1.29, 1.82) is 0 Å². The molecule has 0 unspecified atom stereocenters. The van der Waals surface area contributed by atoms with Crippen LogP contribution in [0.15, 0.2) is 243 Å². The number of anilines is 3. The Balaban J connectivity index is 1.18. The van der Waals surface area contributed by atoms with Crippen LogP contribution in [-0.2, 0) is 0 Å². The van der Waals surface area contributed by atoms with E-state index in [1.165, 1.54) is 71.5 Å². The van der Waals surface area contributed by atoms with E-state index in [1.54, 1.807) is 0 Å². The zero-order valence-corrected chi connectivity index (χ0v) is 33.0. The van der Waals surface area contributed by atoms with Crippen LogP contribution in [0.5, 0.6) is 0 Å². The molecule has 0 aliphatic carbocycles. The highest BCUT2D eigenvalue weighted by Crippen LogP contribution is 2.48. The van der Waals surface area contributed by atoms with Crippen molar-refractivity contribution in [1.82, 2.24) is 4.57 Å². The molecule has 1 heterocycles. The van der Waals surface area contributed by atoms with Gasteiger partial charge in [-0.3, -0.25) is 0 Å². The summed E-state index contributed by atoms with van der Waals surface area (Å²) in [5.41, 5.74) is 16.2. The van der Waals surface area contributed by atoms with E-state index in [1.807, 2.05) is 0 Å². The molecular weight excluding hydrogens is 725 g/mol. The van der Waals surface area contributed by atoms with Gasteiger partial charge in [0.2, 0.25) is 0 Å². The predicted octanol–water partition coefficient (Wildman–Crippen LogP) is 16.1. The Bertz CT molecular complexity index is 3280. The minimum Gasteiger partial charge on any atom is -0.308 e. The molecule has 0 spiro atoms. The molecule has 0 amide bonds. The molecule has 0 N–H and O–H groups in total. The Morgan fingerprint density at radius 2 is 0.750 bits per heavy atom. The van der Waals surface area contributed by atoms with Crippen LogP contribution in [0, 0.1) is 0 Å². The fourth-order valence-electron chi connectivity index (χ4n) is 9.16. The number of para-hydroxylation sites is 5. The van der Waals surface area contributed by atoms with Crippen molar-refractivity contribution >= 4 is 49.6 Å². The lowest BCUT2D eigenvalue weighted by molar-refractivity contribution is 1.15. The van der Waals surface area contributed by atoms with Crippen molar-refractivity contribution in [2.75, 3.05) is 4.90 Å². The monoisotopic (exact) mass is 764 g/mol. The average Bonchev–Trinajstić information content (AvgIpc) is 3.66. The summed E-state index contributed by atoms with van der Waals surface area (Å²) in [5.74, 6) is 0. The summed E-state index contributed by atoms with van der Waals surface area (Å²) in [6, 6.07) is 88.0. The van der Waals surface area contributed by atoms with Gasteiger partial charge in [-0.25, -0.2) is 0 Å². The summed E-state index contributed by atoms with van der Waals surface area (Å²) in [6.45, 7) is 0. The first-order chi connectivity index (χ1) is 29.8. The molecule has 0 saturated carbocycles. The van der Waals surface area contributed by atoms with Crippen LogP contribution in [0.25, 0.3) is 82.8 Å². The molecule has 0 atom stereocenters. The molecule has 1 aromatic heterocycles. The van der Waals surface area contributed by atoms with Crippen LogP contribution in [0.4, 0.5) is 17.1 Å². The van der Waals surface area contributed by atoms with Crippen LogP contribution in [-0.4, -0.2) is 4.57 Å². The van der Waals surface area contributed by atoms with E-state index in [0.29, 0.717) is 0 Å². The van der Waals surface area contributed by atoms with Crippen LogP contribution in [0.3, 0.4) is 0 Å². The molecule has 11 aromatic rings. The van der Waals surface area contributed by atoms with Gasteiger partial charge in [0.25, 0.3) is 0 Å². The smallest absolute Gasteiger partial charge is 0.0702 e. The van der Waals surface area contributed by atoms with E-state index in [0.717, 1.165) is 28.3 Å². The number of benzene rings is 10. The molecular formula is C58H40N2. The number of hydrogen-bond donors (Lipinski definition) is 0. The van der Waals surface area contributed by atoms with Crippen molar-refractivity contribution in [3.8, 4) is 50.2 Å². The zero-order chi connectivity index (χ0) is 39.8. The maximum absolute atomic E-state index is 2.47. The number of rotatable bonds is 8. The molecule has 282 valence electrons. The molecule has 0 bridgehead atoms. The molecule has 0 aliphatic rings. The summed E-state index contributed by atoms with van der Waals surface area (Å²) in [4.78, 5) is 2.47. The highest BCUT2D eigenvalue weighted by molar-refractivity contribution is 6.10. The van der Waals surface area contributed by atoms with E-state index in [4.69, 9.17) is 0 Å². The SMILES string of the molecule is c1ccc(-c2ccccc2-c2ccccc2-c2ccccc2N(c2cccc(-c3cccc4ccccc34)c2)c2ccccc2-n2c3ccccc3c3ccccc32)cc1. The van der Waals surface area contributed by atoms with Crippen molar-refractivity contribution in [2.24, 2.45) is 0 Å². The normalized spacial score (nSPS) is 11.3. The number of fused-ring (bicyclic) bond motifs is 4. The van der Waals surface area contributed by atoms with Gasteiger partial charge in [0.05, 0.1) is 28.1 Å². The minimum absolute atomic E-state index is 1.07. The van der Waals surface area contributed by atoms with Crippen molar-refractivity contribution < 1.29 is 0 Å². The van der Waals surface area contributed by atoms with Crippen molar-refractivity contribution in [2.45, 2.75) is 0 Å². The maximum Gasteiger partial charge on any atom is 0.0702 e. The highest BCUT2D eigenvalue weighted by atomic mass is 15.2. The lowest BCUT2D eigenvalue weighted by Crippen LogP contribution is -2.14. The molecule has 0 radical (unpaired) electrons. The van der Waals surface area contributed by atoms with Gasteiger partial charge in [-0.2, -0.15) is 0 Å². The second kappa shape index (κ2) is 15.1. The third kappa shape index (κ3) is 6.06. The van der Waals surface area contributed by atoms with E-state index in [-0.39, 0.29) is 0 Å². The largest absolute Gasteiger partial charge is 0.308 e. The van der Waals surface area contributed by atoms with Gasteiger partial charge >= 0.3 is 0 Å². The minimum atomic E-state index is 1.07. The molecule has 2 heteroatoms. The average molecular weight is 765 g/mol. The predicted molar refractivity (Wildman–Crippen MR) is 255 cm³/mol. The summed E-state index contributed by atoms with van der Waals surface area (Å²) < 4.78 is 2.44. The van der Waals surface area contributed by atoms with Gasteiger partial charge in [-0.15, -0.1) is 0 Å². The van der Waals surface area contributed by atoms with Crippen LogP contribution in [0.1, 0.15) is 0 Å². The Hall–Kier alpha value is -7.94. The van der Waals surface area contributed by atoms with E-state index in [2.05, 4.69) is 252 Å². The van der Waals surface area contributed by atoms with Crippen molar-refractivity contribution in [3.05, 3.63) is 243 Å². The van der Waals surface area contributed by atoms with Crippen LogP contribution < -0.4 is 4.90 Å². The van der Waals surface area contributed by atoms with Crippen LogP contribution in [0.2, 0.25) is 0 Å². The molecule has 60 heavy (non-hydrogen) atoms. The first kappa shape index (κ1) is 35.2. The lowest BCUT2D eigenvalue weighted by atomic mass is 9.88. The third-order valence-corrected chi connectivity index (χ3v) is 11.8. The number of hydrogen-bond acceptors (Lipinski definition) is 1. The Labute approximate surface area is 350 Å². The highest BCUT2D eigenvalue weighted by Gasteiger charge is 2.24. The van der Waals surface area contributed by atoms with E-state index in [9.17, 15) is 0 Å². The maximum atomic E-state index is 2.47. The fraction of sp³-hybridized carbons (Fsp3) is 0. The van der Waals surface area contributed by atoms with Gasteiger partial charge < -0.3 is 9.47 Å². The summed E-state index contributed by atoms with van der Waals surface area (Å²) in [6.07, 6.45) is 0. The van der Waals surface area contributed by atoms with Gasteiger partial charge in [-0.1, -0.05) is 200 Å². The quantitative estimate of drug-likeness (QED) is 0.150. The molecule has 0 fully saturated rings. The lowest BCUT2D eigenvalue weighted by Gasteiger charge is -2.31. The standard InChI is InChI=1S/C58H40N2/c1-2-20-41(21-3-1)46-27-6-7-28-48(46)49-29-8-9-30-50(49)51-31-10-13-35-54(51)59(44-25-18-24-43(40-44)47-34-19-23-42-22-4-5-26-45(42)47)57-38-16-17-39-58(57)60-55-36-14-11-32-52(55)53-33-12-15-37-56(53)60/h1-40H. The zero-order valence-electron chi connectivity index (χ0n) is 33.0. The molecule has 0 aliphatic heterocycles. The van der Waals surface area contributed by atoms with E-state index >= 15 is 0 Å². The molecule has 2 nitrogen and oxygen atoms in total. The van der Waals surface area contributed by atoms with E-state index < -0.39 is 0 Å². The Morgan fingerprint density at radius 3 is 1.48 bits per heavy atom. The topological polar surface area (TPSA) is 8.17 Å². The van der Waals surface area contributed by atoms with Crippen molar-refractivity contribution in [3.63, 3.8) is 0 Å². The van der Waals surface area contributed by atoms with Gasteiger partial charge in [0.15, 0.2) is 0 Å². The Kier molecular flexibility index (Phi) is 8.87. The molecule has 10 aromatic carbocycles. The third-order valence-electron chi connectivity index (χ3n) is 11.8. The number of nitrogens with zero attached hydrogens (tertiary/aromatic N) is 2. The second-order valence-electron chi connectivity index (χ2n) is 15.2. The summed E-state index contributed by atoms with van der Waals surface area (Å²) in [5, 5.41) is 4.94. The number of aromatic nitrogens is 1. The first-order valence-electron chi connectivity index (χ1n) is 20.6. The molecule has 0 saturated heterocycles. The summed E-state index contributed by atoms with van der Waals surface area (Å²) >= 11 is 0. The van der Waals surface area contributed by atoms with Gasteiger partial charge in [0.1, 0.15) is 0 Å². The van der Waals surface area contributed by atoms with Gasteiger partial charge in [-0.05, 0) is 92.2 Å². The molecule has 11 rings (SSSR count). The first-order valence-corrected chi connectivity index (χ1v) is 20.6. The van der Waals surface area contributed by atoms with Crippen LogP contribution >= 0.6 is 0 Å². The summed E-state index contributed by atoms with van der Waals surface area (Å²) in [7, 11) is 0. The Morgan fingerprint density at radius 1 is 0.283 bits per heavy atom.